The Morgan fingerprint density at radius 2 is 2.28 bits per heavy atom. The lowest BCUT2D eigenvalue weighted by molar-refractivity contribution is 0.413. The Morgan fingerprint density at radius 1 is 1.44 bits per heavy atom. The van der Waals surface area contributed by atoms with E-state index >= 15 is 0 Å². The molecule has 0 fully saturated rings. The van der Waals surface area contributed by atoms with E-state index in [-0.39, 0.29) is 0 Å². The quantitative estimate of drug-likeness (QED) is 0.787. The summed E-state index contributed by atoms with van der Waals surface area (Å²) in [6.45, 7) is 1.75. The molecule has 0 radical (unpaired) electrons. The number of aromatic nitrogens is 2. The lowest BCUT2D eigenvalue weighted by atomic mass is 10.1. The number of benzene rings is 1. The lowest BCUT2D eigenvalue weighted by Crippen LogP contribution is -1.90. The summed E-state index contributed by atoms with van der Waals surface area (Å²) >= 11 is 1.45. The fourth-order valence-electron chi connectivity index (χ4n) is 1.40. The molecule has 1 heterocycles. The largest absolute Gasteiger partial charge is 0.495 e. The van der Waals surface area contributed by atoms with E-state index in [4.69, 9.17) is 14.4 Å². The summed E-state index contributed by atoms with van der Waals surface area (Å²) in [5.74, 6) is 1.82. The van der Waals surface area contributed by atoms with Gasteiger partial charge in [-0.15, -0.1) is 10.2 Å². The SMILES string of the molecule is COc1cc(CSc2nnc(C)o2)ccc1C#N. The van der Waals surface area contributed by atoms with Gasteiger partial charge in [-0.2, -0.15) is 5.26 Å². The van der Waals surface area contributed by atoms with Gasteiger partial charge in [-0.25, -0.2) is 0 Å². The van der Waals surface area contributed by atoms with Gasteiger partial charge in [-0.05, 0) is 17.7 Å². The standard InChI is InChI=1S/C12H11N3O2S/c1-8-14-15-12(17-8)18-7-9-3-4-10(6-13)11(5-9)16-2/h3-5H,7H2,1-2H3. The number of nitriles is 1. The molecule has 92 valence electrons. The van der Waals surface area contributed by atoms with Crippen molar-refractivity contribution < 1.29 is 9.15 Å². The molecule has 5 nitrogen and oxygen atoms in total. The molecule has 0 amide bonds. The van der Waals surface area contributed by atoms with Gasteiger partial charge < -0.3 is 9.15 Å². The molecular formula is C12H11N3O2S. The second kappa shape index (κ2) is 5.56. The predicted octanol–water partition coefficient (Wildman–Crippen LogP) is 2.55. The van der Waals surface area contributed by atoms with Crippen molar-refractivity contribution >= 4 is 11.8 Å². The molecule has 0 aliphatic carbocycles. The van der Waals surface area contributed by atoms with Crippen molar-refractivity contribution in [1.29, 1.82) is 5.26 Å². The molecule has 0 bridgehead atoms. The zero-order valence-corrected chi connectivity index (χ0v) is 10.8. The first-order valence-corrected chi connectivity index (χ1v) is 6.21. The number of aryl methyl sites for hydroxylation is 1. The van der Waals surface area contributed by atoms with Gasteiger partial charge in [0, 0.05) is 12.7 Å². The van der Waals surface area contributed by atoms with Crippen LogP contribution in [0.25, 0.3) is 0 Å². The van der Waals surface area contributed by atoms with Gasteiger partial charge in [-0.1, -0.05) is 17.8 Å². The number of ether oxygens (including phenoxy) is 1. The average Bonchev–Trinajstić information content (AvgIpc) is 2.81. The molecular weight excluding hydrogens is 250 g/mol. The molecule has 1 aromatic heterocycles. The molecule has 6 heteroatoms. The van der Waals surface area contributed by atoms with Crippen LogP contribution < -0.4 is 4.74 Å². The van der Waals surface area contributed by atoms with Gasteiger partial charge in [0.05, 0.1) is 12.7 Å². The van der Waals surface area contributed by atoms with Gasteiger partial charge in [-0.3, -0.25) is 0 Å². The van der Waals surface area contributed by atoms with Crippen molar-refractivity contribution in [2.75, 3.05) is 7.11 Å². The number of nitrogens with zero attached hydrogens (tertiary/aromatic N) is 3. The number of thioether (sulfide) groups is 1. The van der Waals surface area contributed by atoms with Gasteiger partial charge >= 0.3 is 0 Å². The Kier molecular flexibility index (Phi) is 3.85. The van der Waals surface area contributed by atoms with Crippen LogP contribution in [0, 0.1) is 18.3 Å². The molecule has 18 heavy (non-hydrogen) atoms. The summed E-state index contributed by atoms with van der Waals surface area (Å²) in [5, 5.41) is 17.1. The summed E-state index contributed by atoms with van der Waals surface area (Å²) in [6, 6.07) is 7.55. The molecule has 0 N–H and O–H groups in total. The van der Waals surface area contributed by atoms with Crippen LogP contribution in [0.15, 0.2) is 27.8 Å². The van der Waals surface area contributed by atoms with E-state index in [9.17, 15) is 0 Å². The summed E-state index contributed by atoms with van der Waals surface area (Å²) in [5.41, 5.74) is 1.56. The first kappa shape index (κ1) is 12.5. The highest BCUT2D eigenvalue weighted by molar-refractivity contribution is 7.98. The van der Waals surface area contributed by atoms with Crippen LogP contribution in [-0.4, -0.2) is 17.3 Å². The van der Waals surface area contributed by atoms with E-state index in [0.717, 1.165) is 5.56 Å². The average molecular weight is 261 g/mol. The first-order chi connectivity index (χ1) is 8.72. The van der Waals surface area contributed by atoms with Crippen LogP contribution in [-0.2, 0) is 5.75 Å². The maximum atomic E-state index is 8.88. The van der Waals surface area contributed by atoms with Crippen LogP contribution in [0.2, 0.25) is 0 Å². The molecule has 2 aromatic rings. The highest BCUT2D eigenvalue weighted by atomic mass is 32.2. The lowest BCUT2D eigenvalue weighted by Gasteiger charge is -2.05. The fourth-order valence-corrected chi connectivity index (χ4v) is 2.15. The Balaban J connectivity index is 2.08. The third-order valence-corrected chi connectivity index (χ3v) is 3.15. The van der Waals surface area contributed by atoms with Crippen LogP contribution >= 0.6 is 11.8 Å². The highest BCUT2D eigenvalue weighted by Crippen LogP contribution is 2.25. The summed E-state index contributed by atoms with van der Waals surface area (Å²) in [4.78, 5) is 0. The van der Waals surface area contributed by atoms with Crippen molar-refractivity contribution in [2.45, 2.75) is 17.9 Å². The molecule has 0 aliphatic rings. The predicted molar refractivity (Wildman–Crippen MR) is 66.3 cm³/mol. The number of hydrogen-bond acceptors (Lipinski definition) is 6. The summed E-state index contributed by atoms with van der Waals surface area (Å²) < 4.78 is 10.4. The Hall–Kier alpha value is -2.00. The highest BCUT2D eigenvalue weighted by Gasteiger charge is 2.07. The summed E-state index contributed by atoms with van der Waals surface area (Å²) in [7, 11) is 1.55. The van der Waals surface area contributed by atoms with E-state index in [2.05, 4.69) is 16.3 Å². The molecule has 0 unspecified atom stereocenters. The van der Waals surface area contributed by atoms with Crippen molar-refractivity contribution in [3.05, 3.63) is 35.2 Å². The molecule has 0 saturated heterocycles. The number of methoxy groups -OCH3 is 1. The molecule has 1 aromatic carbocycles. The number of hydrogen-bond donors (Lipinski definition) is 0. The van der Waals surface area contributed by atoms with Gasteiger partial charge in [0.15, 0.2) is 0 Å². The maximum absolute atomic E-state index is 8.88. The minimum atomic E-state index is 0.528. The first-order valence-electron chi connectivity index (χ1n) is 5.23. The van der Waals surface area contributed by atoms with Crippen LogP contribution in [0.4, 0.5) is 0 Å². The third-order valence-electron chi connectivity index (χ3n) is 2.26. The Bertz CT molecular complexity index is 589. The van der Waals surface area contributed by atoms with Crippen LogP contribution in [0.5, 0.6) is 5.75 Å². The van der Waals surface area contributed by atoms with E-state index in [1.54, 1.807) is 20.1 Å². The summed E-state index contributed by atoms with van der Waals surface area (Å²) in [6.07, 6.45) is 0. The minimum absolute atomic E-state index is 0.528. The molecule has 0 atom stereocenters. The van der Waals surface area contributed by atoms with Gasteiger partial charge in [0.2, 0.25) is 5.89 Å². The monoisotopic (exact) mass is 261 g/mol. The maximum Gasteiger partial charge on any atom is 0.276 e. The topological polar surface area (TPSA) is 71.9 Å². The molecule has 0 aliphatic heterocycles. The van der Waals surface area contributed by atoms with Crippen molar-refractivity contribution in [3.8, 4) is 11.8 Å². The third kappa shape index (κ3) is 2.81. The van der Waals surface area contributed by atoms with E-state index < -0.39 is 0 Å². The zero-order valence-electron chi connectivity index (χ0n) is 10.0. The minimum Gasteiger partial charge on any atom is -0.495 e. The molecule has 0 saturated carbocycles. The van der Waals surface area contributed by atoms with Crippen molar-refractivity contribution in [1.82, 2.24) is 10.2 Å². The molecule has 0 spiro atoms. The van der Waals surface area contributed by atoms with Gasteiger partial charge in [0.25, 0.3) is 5.22 Å². The fraction of sp³-hybridized carbons (Fsp3) is 0.250. The van der Waals surface area contributed by atoms with E-state index in [0.29, 0.717) is 28.2 Å². The zero-order chi connectivity index (χ0) is 13.0. The number of rotatable bonds is 4. The van der Waals surface area contributed by atoms with E-state index in [1.165, 1.54) is 11.8 Å². The van der Waals surface area contributed by atoms with E-state index in [1.807, 2.05) is 12.1 Å². The van der Waals surface area contributed by atoms with Gasteiger partial charge in [0.1, 0.15) is 11.8 Å². The van der Waals surface area contributed by atoms with Crippen LogP contribution in [0.3, 0.4) is 0 Å². The van der Waals surface area contributed by atoms with Crippen molar-refractivity contribution in [3.63, 3.8) is 0 Å². The van der Waals surface area contributed by atoms with Crippen molar-refractivity contribution in [2.24, 2.45) is 0 Å². The van der Waals surface area contributed by atoms with Crippen LogP contribution in [0.1, 0.15) is 17.0 Å². The normalized spacial score (nSPS) is 10.1. The molecule has 2 rings (SSSR count). The second-order valence-electron chi connectivity index (χ2n) is 3.52. The Morgan fingerprint density at radius 3 is 2.89 bits per heavy atom. The Labute approximate surface area is 109 Å². The second-order valence-corrected chi connectivity index (χ2v) is 4.45. The smallest absolute Gasteiger partial charge is 0.276 e.